The number of carbonyl (C=O) groups is 1. The van der Waals surface area contributed by atoms with E-state index in [1.165, 1.54) is 0 Å². The summed E-state index contributed by atoms with van der Waals surface area (Å²) in [5.41, 5.74) is 0. The minimum absolute atomic E-state index is 0.0654. The van der Waals surface area contributed by atoms with Crippen LogP contribution in [0.1, 0.15) is 6.42 Å². The summed E-state index contributed by atoms with van der Waals surface area (Å²) in [6.07, 6.45) is 0.172. The third kappa shape index (κ3) is 4.78. The Labute approximate surface area is 52.7 Å². The van der Waals surface area contributed by atoms with Gasteiger partial charge in [-0.2, -0.15) is 5.26 Å². The molecule has 0 aliphatic heterocycles. The van der Waals surface area contributed by atoms with Gasteiger partial charge in [0.2, 0.25) is 0 Å². The zero-order valence-electron chi connectivity index (χ0n) is 4.83. The first kappa shape index (κ1) is 7.92. The van der Waals surface area contributed by atoms with Crippen LogP contribution in [0.4, 0.5) is 0 Å². The van der Waals surface area contributed by atoms with Crippen molar-refractivity contribution >= 4 is 5.97 Å². The minimum atomic E-state index is -0.690. The van der Waals surface area contributed by atoms with Crippen molar-refractivity contribution in [3.63, 3.8) is 0 Å². The second-order valence-electron chi connectivity index (χ2n) is 1.29. The monoisotopic (exact) mass is 129 g/mol. The molecule has 0 spiro atoms. The van der Waals surface area contributed by atoms with E-state index < -0.39 is 12.6 Å². The van der Waals surface area contributed by atoms with Crippen molar-refractivity contribution < 1.29 is 14.6 Å². The molecule has 0 aromatic heterocycles. The van der Waals surface area contributed by atoms with Gasteiger partial charge in [-0.05, 0) is 0 Å². The molecule has 0 aromatic carbocycles. The molecule has 0 unspecified atom stereocenters. The lowest BCUT2D eigenvalue weighted by molar-refractivity contribution is -0.146. The molecule has 9 heavy (non-hydrogen) atoms. The van der Waals surface area contributed by atoms with Gasteiger partial charge in [0.15, 0.2) is 0 Å². The van der Waals surface area contributed by atoms with Gasteiger partial charge in [0.25, 0.3) is 0 Å². The number of nitrogens with zero attached hydrogens (tertiary/aromatic N) is 1. The Bertz CT molecular complexity index is 127. The zero-order chi connectivity index (χ0) is 7.11. The predicted molar refractivity (Wildman–Crippen MR) is 28.3 cm³/mol. The summed E-state index contributed by atoms with van der Waals surface area (Å²) in [6.45, 7) is -0.554. The molecule has 50 valence electrons. The molecule has 1 N–H and O–H groups in total. The van der Waals surface area contributed by atoms with Crippen LogP contribution in [0.15, 0.2) is 0 Å². The SMILES string of the molecule is N#CCCOC(=O)CO. The summed E-state index contributed by atoms with van der Waals surface area (Å²) in [6, 6.07) is 1.79. The maximum absolute atomic E-state index is 10.1. The molecule has 0 fully saturated rings. The first-order chi connectivity index (χ1) is 4.31. The Morgan fingerprint density at radius 3 is 2.89 bits per heavy atom. The lowest BCUT2D eigenvalue weighted by Crippen LogP contribution is -2.09. The molecule has 0 saturated heterocycles. The molecular formula is C5H7NO3. The maximum atomic E-state index is 10.1. The Morgan fingerprint density at radius 2 is 2.44 bits per heavy atom. The first-order valence-corrected chi connectivity index (χ1v) is 2.44. The molecule has 0 heterocycles. The molecule has 0 saturated carbocycles. The molecule has 4 nitrogen and oxygen atoms in total. The Hall–Kier alpha value is -1.08. The van der Waals surface area contributed by atoms with Crippen LogP contribution in [0.3, 0.4) is 0 Å². The van der Waals surface area contributed by atoms with Crippen molar-refractivity contribution in [3.8, 4) is 6.07 Å². The molecule has 4 heteroatoms. The van der Waals surface area contributed by atoms with Crippen LogP contribution in [0, 0.1) is 11.3 Å². The third-order valence-corrected chi connectivity index (χ3v) is 0.606. The van der Waals surface area contributed by atoms with E-state index in [2.05, 4.69) is 4.74 Å². The number of hydrogen-bond acceptors (Lipinski definition) is 4. The van der Waals surface area contributed by atoms with Crippen molar-refractivity contribution in [2.75, 3.05) is 13.2 Å². The second kappa shape index (κ2) is 5.06. The van der Waals surface area contributed by atoms with E-state index in [0.29, 0.717) is 0 Å². The van der Waals surface area contributed by atoms with Crippen molar-refractivity contribution in [1.82, 2.24) is 0 Å². The van der Waals surface area contributed by atoms with Gasteiger partial charge < -0.3 is 9.84 Å². The highest BCUT2D eigenvalue weighted by molar-refractivity contribution is 5.70. The van der Waals surface area contributed by atoms with Crippen LogP contribution in [0.2, 0.25) is 0 Å². The Kier molecular flexibility index (Phi) is 4.46. The summed E-state index contributed by atoms with van der Waals surface area (Å²) in [4.78, 5) is 10.1. The minimum Gasteiger partial charge on any atom is -0.463 e. The zero-order valence-corrected chi connectivity index (χ0v) is 4.83. The van der Waals surface area contributed by atoms with Crippen LogP contribution in [0.25, 0.3) is 0 Å². The summed E-state index contributed by atoms with van der Waals surface area (Å²) in [5, 5.41) is 16.0. The number of aliphatic hydroxyl groups excluding tert-OH is 1. The van der Waals surface area contributed by atoms with E-state index in [9.17, 15) is 4.79 Å². The van der Waals surface area contributed by atoms with Gasteiger partial charge in [0, 0.05) is 0 Å². The molecule has 0 bridgehead atoms. The fourth-order valence-corrected chi connectivity index (χ4v) is 0.256. The van der Waals surface area contributed by atoms with Crippen molar-refractivity contribution in [2.24, 2.45) is 0 Å². The highest BCUT2D eigenvalue weighted by Crippen LogP contribution is 1.79. The number of nitriles is 1. The standard InChI is InChI=1S/C5H7NO3/c6-2-1-3-9-5(8)4-7/h7H,1,3-4H2. The third-order valence-electron chi connectivity index (χ3n) is 0.606. The summed E-state index contributed by atoms with van der Waals surface area (Å²) >= 11 is 0. The quantitative estimate of drug-likeness (QED) is 0.409. The molecular weight excluding hydrogens is 122 g/mol. The average molecular weight is 129 g/mol. The Balaban J connectivity index is 3.09. The van der Waals surface area contributed by atoms with E-state index >= 15 is 0 Å². The number of ether oxygens (including phenoxy) is 1. The van der Waals surface area contributed by atoms with Crippen LogP contribution in [0.5, 0.6) is 0 Å². The molecule has 0 atom stereocenters. The maximum Gasteiger partial charge on any atom is 0.331 e. The number of aliphatic hydroxyl groups is 1. The van der Waals surface area contributed by atoms with E-state index in [4.69, 9.17) is 10.4 Å². The van der Waals surface area contributed by atoms with Gasteiger partial charge in [0.1, 0.15) is 13.2 Å². The van der Waals surface area contributed by atoms with Crippen LogP contribution < -0.4 is 0 Å². The van der Waals surface area contributed by atoms with Gasteiger partial charge in [-0.25, -0.2) is 4.79 Å². The molecule has 0 rings (SSSR count). The molecule has 0 amide bonds. The van der Waals surface area contributed by atoms with Crippen LogP contribution >= 0.6 is 0 Å². The van der Waals surface area contributed by atoms with E-state index in [-0.39, 0.29) is 13.0 Å². The highest BCUT2D eigenvalue weighted by atomic mass is 16.5. The largest absolute Gasteiger partial charge is 0.463 e. The van der Waals surface area contributed by atoms with E-state index in [0.717, 1.165) is 0 Å². The number of esters is 1. The van der Waals surface area contributed by atoms with Crippen LogP contribution in [-0.4, -0.2) is 24.3 Å². The summed E-state index contributed by atoms with van der Waals surface area (Å²) < 4.78 is 4.32. The fourth-order valence-electron chi connectivity index (χ4n) is 0.256. The average Bonchev–Trinajstić information content (AvgIpc) is 1.89. The molecule has 0 aromatic rings. The van der Waals surface area contributed by atoms with Gasteiger partial charge in [-0.15, -0.1) is 0 Å². The predicted octanol–water partition coefficient (Wildman–Crippen LogP) is -0.564. The van der Waals surface area contributed by atoms with Crippen molar-refractivity contribution in [1.29, 1.82) is 5.26 Å². The smallest absolute Gasteiger partial charge is 0.331 e. The lowest BCUT2D eigenvalue weighted by atomic mass is 10.5. The Morgan fingerprint density at radius 1 is 1.78 bits per heavy atom. The van der Waals surface area contributed by atoms with Crippen LogP contribution in [-0.2, 0) is 9.53 Å². The molecule has 0 radical (unpaired) electrons. The van der Waals surface area contributed by atoms with Gasteiger partial charge in [-0.1, -0.05) is 0 Å². The summed E-state index contributed by atoms with van der Waals surface area (Å²) in [7, 11) is 0. The number of hydrogen-bond donors (Lipinski definition) is 1. The van der Waals surface area contributed by atoms with E-state index in [1.54, 1.807) is 6.07 Å². The molecule has 0 aliphatic carbocycles. The lowest BCUT2D eigenvalue weighted by Gasteiger charge is -1.95. The fraction of sp³-hybridized carbons (Fsp3) is 0.600. The van der Waals surface area contributed by atoms with E-state index in [1.807, 2.05) is 0 Å². The first-order valence-electron chi connectivity index (χ1n) is 2.44. The van der Waals surface area contributed by atoms with Crippen molar-refractivity contribution in [2.45, 2.75) is 6.42 Å². The normalized spacial score (nSPS) is 8.00. The van der Waals surface area contributed by atoms with Gasteiger partial charge in [-0.3, -0.25) is 0 Å². The number of rotatable bonds is 3. The number of carbonyl (C=O) groups excluding carboxylic acids is 1. The second-order valence-corrected chi connectivity index (χ2v) is 1.29. The topological polar surface area (TPSA) is 70.3 Å². The van der Waals surface area contributed by atoms with Crippen molar-refractivity contribution in [3.05, 3.63) is 0 Å². The van der Waals surface area contributed by atoms with Gasteiger partial charge >= 0.3 is 5.97 Å². The summed E-state index contributed by atoms with van der Waals surface area (Å²) in [5.74, 6) is -0.690. The highest BCUT2D eigenvalue weighted by Gasteiger charge is 1.96. The van der Waals surface area contributed by atoms with Gasteiger partial charge in [0.05, 0.1) is 12.5 Å². The molecule has 0 aliphatic rings.